The van der Waals surface area contributed by atoms with Crippen LogP contribution in [0.3, 0.4) is 0 Å². The van der Waals surface area contributed by atoms with Gasteiger partial charge in [0.05, 0.1) is 11.5 Å². The molecule has 2 saturated heterocycles. The van der Waals surface area contributed by atoms with Crippen molar-refractivity contribution in [2.75, 3.05) is 18.1 Å². The average molecular weight is 448 g/mol. The minimum atomic E-state index is -3.14. The van der Waals surface area contributed by atoms with E-state index in [1.807, 2.05) is 24.3 Å². The lowest BCUT2D eigenvalue weighted by Gasteiger charge is -2.30. The van der Waals surface area contributed by atoms with E-state index < -0.39 is 27.3 Å². The molecule has 4 rings (SSSR count). The van der Waals surface area contributed by atoms with Gasteiger partial charge in [-0.25, -0.2) is 13.2 Å². The molecular formula is C22H29N3O5S. The fraction of sp³-hybridized carbons (Fsp3) is 0.591. The highest BCUT2D eigenvalue weighted by molar-refractivity contribution is 7.91. The summed E-state index contributed by atoms with van der Waals surface area (Å²) >= 11 is 0. The lowest BCUT2D eigenvalue weighted by atomic mass is 9.91. The van der Waals surface area contributed by atoms with Gasteiger partial charge in [-0.2, -0.15) is 0 Å². The zero-order chi connectivity index (χ0) is 22.4. The van der Waals surface area contributed by atoms with E-state index >= 15 is 0 Å². The van der Waals surface area contributed by atoms with Crippen molar-refractivity contribution in [2.45, 2.75) is 63.6 Å². The predicted octanol–water partition coefficient (Wildman–Crippen LogP) is 1.58. The van der Waals surface area contributed by atoms with E-state index in [0.29, 0.717) is 12.0 Å². The van der Waals surface area contributed by atoms with E-state index in [9.17, 15) is 22.8 Å². The Kier molecular flexibility index (Phi) is 5.57. The first-order valence-electron chi connectivity index (χ1n) is 10.9. The van der Waals surface area contributed by atoms with Gasteiger partial charge in [0.15, 0.2) is 9.84 Å². The molecule has 1 aliphatic carbocycles. The van der Waals surface area contributed by atoms with Crippen LogP contribution in [0.5, 0.6) is 0 Å². The molecule has 0 spiro atoms. The van der Waals surface area contributed by atoms with Crippen LogP contribution in [0.4, 0.5) is 4.79 Å². The standard InChI is InChI=1S/C22H29N3O5S/c1-3-4-15-5-7-16(8-6-15)22(2)20(27)24(21(28)23-22)13-19(26)25(17-9-10-17)18-11-12-31(29,30)14-18/h5-8,17-18H,3-4,9-14H2,1-2H3,(H,23,28). The normalized spacial score (nSPS) is 27.4. The maximum absolute atomic E-state index is 13.2. The smallest absolute Gasteiger partial charge is 0.325 e. The van der Waals surface area contributed by atoms with E-state index in [-0.39, 0.29) is 36.0 Å². The molecule has 2 heterocycles. The first-order valence-corrected chi connectivity index (χ1v) is 12.7. The maximum Gasteiger partial charge on any atom is 0.325 e. The molecule has 0 radical (unpaired) electrons. The number of carbonyl (C=O) groups excluding carboxylic acids is 3. The molecule has 0 aromatic heterocycles. The van der Waals surface area contributed by atoms with Gasteiger partial charge in [-0.05, 0) is 43.7 Å². The number of sulfone groups is 1. The first kappa shape index (κ1) is 21.8. The third kappa shape index (κ3) is 4.20. The van der Waals surface area contributed by atoms with Gasteiger partial charge in [-0.15, -0.1) is 0 Å². The van der Waals surface area contributed by atoms with Crippen molar-refractivity contribution in [1.29, 1.82) is 0 Å². The zero-order valence-electron chi connectivity index (χ0n) is 18.0. The predicted molar refractivity (Wildman–Crippen MR) is 115 cm³/mol. The van der Waals surface area contributed by atoms with Gasteiger partial charge in [0.25, 0.3) is 5.91 Å². The number of urea groups is 1. The summed E-state index contributed by atoms with van der Waals surface area (Å²) in [6.07, 6.45) is 4.01. The third-order valence-electron chi connectivity index (χ3n) is 6.47. The Morgan fingerprint density at radius 3 is 2.39 bits per heavy atom. The molecule has 3 fully saturated rings. The maximum atomic E-state index is 13.2. The molecule has 3 aliphatic rings. The van der Waals surface area contributed by atoms with Crippen molar-refractivity contribution in [3.8, 4) is 0 Å². The highest BCUT2D eigenvalue weighted by Gasteiger charge is 2.51. The molecule has 1 aromatic rings. The molecule has 8 nitrogen and oxygen atoms in total. The van der Waals surface area contributed by atoms with Crippen LogP contribution in [-0.2, 0) is 31.4 Å². The Labute approximate surface area is 182 Å². The molecule has 1 saturated carbocycles. The van der Waals surface area contributed by atoms with Crippen LogP contribution < -0.4 is 5.32 Å². The van der Waals surface area contributed by atoms with Gasteiger partial charge >= 0.3 is 6.03 Å². The minimum Gasteiger partial charge on any atom is -0.334 e. The Morgan fingerprint density at radius 2 is 1.84 bits per heavy atom. The number of hydrogen-bond acceptors (Lipinski definition) is 5. The summed E-state index contributed by atoms with van der Waals surface area (Å²) in [5, 5.41) is 2.74. The Morgan fingerprint density at radius 1 is 1.16 bits per heavy atom. The largest absolute Gasteiger partial charge is 0.334 e. The van der Waals surface area contributed by atoms with Gasteiger partial charge in [-0.3, -0.25) is 14.5 Å². The van der Waals surface area contributed by atoms with Gasteiger partial charge in [0.1, 0.15) is 12.1 Å². The van der Waals surface area contributed by atoms with E-state index in [1.165, 1.54) is 0 Å². The highest BCUT2D eigenvalue weighted by atomic mass is 32.2. The van der Waals surface area contributed by atoms with Gasteiger partial charge in [0, 0.05) is 12.1 Å². The molecule has 2 atom stereocenters. The second kappa shape index (κ2) is 7.93. The van der Waals surface area contributed by atoms with Gasteiger partial charge in [0.2, 0.25) is 5.91 Å². The minimum absolute atomic E-state index is 0.00376. The summed E-state index contributed by atoms with van der Waals surface area (Å²) in [7, 11) is -3.14. The Hall–Kier alpha value is -2.42. The van der Waals surface area contributed by atoms with Gasteiger partial charge < -0.3 is 10.2 Å². The second-order valence-electron chi connectivity index (χ2n) is 8.98. The summed E-state index contributed by atoms with van der Waals surface area (Å²) < 4.78 is 23.8. The summed E-state index contributed by atoms with van der Waals surface area (Å²) in [6.45, 7) is 3.37. The van der Waals surface area contributed by atoms with Crippen molar-refractivity contribution in [1.82, 2.24) is 15.1 Å². The highest BCUT2D eigenvalue weighted by Crippen LogP contribution is 2.34. The topological polar surface area (TPSA) is 104 Å². The number of aryl methyl sites for hydroxylation is 1. The van der Waals surface area contributed by atoms with Crippen molar-refractivity contribution >= 4 is 27.7 Å². The van der Waals surface area contributed by atoms with Crippen LogP contribution in [0, 0.1) is 0 Å². The fourth-order valence-electron chi connectivity index (χ4n) is 4.60. The molecule has 1 N–H and O–H groups in total. The summed E-state index contributed by atoms with van der Waals surface area (Å²) in [5.41, 5.74) is 0.593. The van der Waals surface area contributed by atoms with E-state index in [1.54, 1.807) is 11.8 Å². The monoisotopic (exact) mass is 447 g/mol. The molecule has 168 valence electrons. The molecule has 2 unspecified atom stereocenters. The first-order chi connectivity index (χ1) is 14.6. The number of amides is 4. The molecular weight excluding hydrogens is 418 g/mol. The second-order valence-corrected chi connectivity index (χ2v) is 11.2. The summed E-state index contributed by atoms with van der Waals surface area (Å²) in [6, 6.07) is 6.61. The molecule has 2 aliphatic heterocycles. The van der Waals surface area contributed by atoms with Gasteiger partial charge in [-0.1, -0.05) is 37.6 Å². The van der Waals surface area contributed by atoms with Crippen LogP contribution in [-0.4, -0.2) is 66.2 Å². The average Bonchev–Trinajstić information content (AvgIpc) is 3.44. The van der Waals surface area contributed by atoms with Crippen LogP contribution >= 0.6 is 0 Å². The zero-order valence-corrected chi connectivity index (χ0v) is 18.8. The van der Waals surface area contributed by atoms with Crippen LogP contribution in [0.15, 0.2) is 24.3 Å². The lowest BCUT2D eigenvalue weighted by Crippen LogP contribution is -2.49. The molecule has 4 amide bonds. The number of carbonyl (C=O) groups is 3. The Balaban J connectivity index is 1.50. The number of benzene rings is 1. The number of nitrogens with one attached hydrogen (secondary N) is 1. The number of imide groups is 1. The summed E-state index contributed by atoms with van der Waals surface area (Å²) in [5.74, 6) is -0.805. The van der Waals surface area contributed by atoms with Crippen LogP contribution in [0.2, 0.25) is 0 Å². The van der Waals surface area contributed by atoms with Crippen molar-refractivity contribution in [3.63, 3.8) is 0 Å². The SMILES string of the molecule is CCCc1ccc(C2(C)NC(=O)N(CC(=O)N(C3CC3)C3CCS(=O)(=O)C3)C2=O)cc1. The Bertz CT molecular complexity index is 1000. The molecule has 0 bridgehead atoms. The van der Waals surface area contributed by atoms with Crippen LogP contribution in [0.25, 0.3) is 0 Å². The van der Waals surface area contributed by atoms with Crippen molar-refractivity contribution in [3.05, 3.63) is 35.4 Å². The third-order valence-corrected chi connectivity index (χ3v) is 8.22. The quantitative estimate of drug-likeness (QED) is 0.639. The molecule has 31 heavy (non-hydrogen) atoms. The van der Waals surface area contributed by atoms with Crippen LogP contribution in [0.1, 0.15) is 50.7 Å². The van der Waals surface area contributed by atoms with Crippen molar-refractivity contribution < 1.29 is 22.8 Å². The summed E-state index contributed by atoms with van der Waals surface area (Å²) in [4.78, 5) is 41.5. The molecule has 1 aromatic carbocycles. The number of nitrogens with zero attached hydrogens (tertiary/aromatic N) is 2. The number of rotatable bonds is 7. The van der Waals surface area contributed by atoms with E-state index in [4.69, 9.17) is 0 Å². The van der Waals surface area contributed by atoms with E-state index in [0.717, 1.165) is 36.1 Å². The number of hydrogen-bond donors (Lipinski definition) is 1. The lowest BCUT2D eigenvalue weighted by molar-refractivity contribution is -0.140. The van der Waals surface area contributed by atoms with Crippen molar-refractivity contribution in [2.24, 2.45) is 0 Å². The fourth-order valence-corrected chi connectivity index (χ4v) is 6.31. The molecule has 9 heteroatoms. The van der Waals surface area contributed by atoms with E-state index in [2.05, 4.69) is 12.2 Å².